The van der Waals surface area contributed by atoms with Gasteiger partial charge in [0.15, 0.2) is 0 Å². The van der Waals surface area contributed by atoms with Crippen LogP contribution in [0.5, 0.6) is 0 Å². The Morgan fingerprint density at radius 2 is 2.35 bits per heavy atom. The van der Waals surface area contributed by atoms with Crippen LogP contribution in [-0.4, -0.2) is 19.8 Å². The summed E-state index contributed by atoms with van der Waals surface area (Å²) in [5.74, 6) is 0.871. The summed E-state index contributed by atoms with van der Waals surface area (Å²) >= 11 is 7.56. The topological polar surface area (TPSA) is 21.3 Å². The Labute approximate surface area is 112 Å². The van der Waals surface area contributed by atoms with Gasteiger partial charge in [-0.25, -0.2) is 0 Å². The average molecular weight is 274 g/mol. The van der Waals surface area contributed by atoms with Gasteiger partial charge in [-0.2, -0.15) is 0 Å². The molecule has 0 spiro atoms. The Kier molecular flexibility index (Phi) is 5.29. The zero-order valence-corrected chi connectivity index (χ0v) is 11.8. The Morgan fingerprint density at radius 3 is 3.00 bits per heavy atom. The molecule has 0 saturated heterocycles. The second-order valence-electron chi connectivity index (χ2n) is 4.69. The Morgan fingerprint density at radius 1 is 1.53 bits per heavy atom. The number of thiophene rings is 1. The van der Waals surface area contributed by atoms with Crippen LogP contribution in [0.3, 0.4) is 0 Å². The van der Waals surface area contributed by atoms with Gasteiger partial charge >= 0.3 is 0 Å². The van der Waals surface area contributed by atoms with Gasteiger partial charge in [-0.3, -0.25) is 0 Å². The molecule has 0 bridgehead atoms. The summed E-state index contributed by atoms with van der Waals surface area (Å²) in [6.45, 7) is 5.02. The lowest BCUT2D eigenvalue weighted by molar-refractivity contribution is 0.121. The molecular formula is C13H20ClNOS. The molecular weight excluding hydrogens is 254 g/mol. The highest BCUT2D eigenvalue weighted by Crippen LogP contribution is 2.28. The van der Waals surface area contributed by atoms with E-state index in [2.05, 4.69) is 18.3 Å². The van der Waals surface area contributed by atoms with Crippen LogP contribution in [0.15, 0.2) is 12.1 Å². The lowest BCUT2D eigenvalue weighted by Gasteiger charge is -2.11. The van der Waals surface area contributed by atoms with Crippen molar-refractivity contribution in [3.63, 3.8) is 0 Å². The van der Waals surface area contributed by atoms with Crippen molar-refractivity contribution in [2.45, 2.75) is 32.2 Å². The molecule has 1 atom stereocenters. The molecule has 1 aromatic rings. The third kappa shape index (κ3) is 4.96. The third-order valence-corrected chi connectivity index (χ3v) is 4.40. The number of ether oxygens (including phenoxy) is 1. The molecule has 2 nitrogen and oxygen atoms in total. The Balaban J connectivity index is 1.51. The first kappa shape index (κ1) is 13.3. The lowest BCUT2D eigenvalue weighted by atomic mass is 10.2. The quantitative estimate of drug-likeness (QED) is 0.726. The van der Waals surface area contributed by atoms with Crippen molar-refractivity contribution in [2.24, 2.45) is 5.92 Å². The fourth-order valence-electron chi connectivity index (χ4n) is 1.69. The fourth-order valence-corrected chi connectivity index (χ4v) is 2.78. The molecule has 2 rings (SSSR count). The number of rotatable bonds is 8. The minimum Gasteiger partial charge on any atom is -0.381 e. The first-order chi connectivity index (χ1) is 8.25. The van der Waals surface area contributed by atoms with E-state index in [0.717, 1.165) is 36.4 Å². The number of nitrogens with one attached hydrogen (secondary N) is 1. The van der Waals surface area contributed by atoms with Crippen molar-refractivity contribution in [1.29, 1.82) is 0 Å². The molecule has 1 heterocycles. The van der Waals surface area contributed by atoms with Gasteiger partial charge in [-0.1, -0.05) is 11.6 Å². The van der Waals surface area contributed by atoms with Crippen molar-refractivity contribution in [2.75, 3.05) is 19.8 Å². The first-order valence-electron chi connectivity index (χ1n) is 6.32. The summed E-state index contributed by atoms with van der Waals surface area (Å²) in [5.41, 5.74) is 0. The van der Waals surface area contributed by atoms with E-state index >= 15 is 0 Å². The molecule has 1 fully saturated rings. The molecule has 1 saturated carbocycles. The van der Waals surface area contributed by atoms with E-state index in [1.165, 1.54) is 17.7 Å². The third-order valence-electron chi connectivity index (χ3n) is 2.99. The molecule has 1 aromatic heterocycles. The number of hydrogen-bond acceptors (Lipinski definition) is 3. The molecule has 1 unspecified atom stereocenters. The molecule has 96 valence electrons. The second kappa shape index (κ2) is 6.74. The zero-order valence-electron chi connectivity index (χ0n) is 10.2. The van der Waals surface area contributed by atoms with E-state index in [9.17, 15) is 0 Å². The molecule has 0 aromatic carbocycles. The number of halogens is 1. The summed E-state index contributed by atoms with van der Waals surface area (Å²) in [5, 5.41) is 3.49. The van der Waals surface area contributed by atoms with Crippen LogP contribution in [0.1, 0.15) is 37.1 Å². The maximum atomic E-state index is 5.91. The van der Waals surface area contributed by atoms with Gasteiger partial charge in [-0.05, 0) is 50.8 Å². The standard InChI is InChI=1S/C13H20ClNOS/c1-10(12-5-6-13(14)17-12)15-7-2-8-16-9-11-3-4-11/h5-6,10-11,15H,2-4,7-9H2,1H3. The van der Waals surface area contributed by atoms with Gasteiger partial charge in [0.25, 0.3) is 0 Å². The van der Waals surface area contributed by atoms with E-state index in [4.69, 9.17) is 16.3 Å². The van der Waals surface area contributed by atoms with Gasteiger partial charge < -0.3 is 10.1 Å². The summed E-state index contributed by atoms with van der Waals surface area (Å²) in [4.78, 5) is 1.30. The van der Waals surface area contributed by atoms with Gasteiger partial charge in [0, 0.05) is 24.1 Å². The SMILES string of the molecule is CC(NCCCOCC1CC1)c1ccc(Cl)s1. The molecule has 4 heteroatoms. The molecule has 17 heavy (non-hydrogen) atoms. The van der Waals surface area contributed by atoms with Crippen molar-refractivity contribution in [1.82, 2.24) is 5.32 Å². The molecule has 0 radical (unpaired) electrons. The van der Waals surface area contributed by atoms with E-state index in [-0.39, 0.29) is 0 Å². The van der Waals surface area contributed by atoms with E-state index in [1.54, 1.807) is 11.3 Å². The number of hydrogen-bond donors (Lipinski definition) is 1. The summed E-state index contributed by atoms with van der Waals surface area (Å²) in [6.07, 6.45) is 3.82. The summed E-state index contributed by atoms with van der Waals surface area (Å²) < 4.78 is 6.45. The largest absolute Gasteiger partial charge is 0.381 e. The highest BCUT2D eigenvalue weighted by Gasteiger charge is 2.20. The molecule has 1 aliphatic carbocycles. The van der Waals surface area contributed by atoms with Gasteiger partial charge in [0.1, 0.15) is 0 Å². The lowest BCUT2D eigenvalue weighted by Crippen LogP contribution is -2.20. The van der Waals surface area contributed by atoms with Crippen LogP contribution in [0, 0.1) is 5.92 Å². The van der Waals surface area contributed by atoms with E-state index < -0.39 is 0 Å². The minimum atomic E-state index is 0.385. The first-order valence-corrected chi connectivity index (χ1v) is 7.51. The van der Waals surface area contributed by atoms with Crippen molar-refractivity contribution in [3.05, 3.63) is 21.3 Å². The monoisotopic (exact) mass is 273 g/mol. The second-order valence-corrected chi connectivity index (χ2v) is 6.44. The summed E-state index contributed by atoms with van der Waals surface area (Å²) in [7, 11) is 0. The van der Waals surface area contributed by atoms with E-state index in [1.807, 2.05) is 6.07 Å². The normalized spacial score (nSPS) is 17.3. The van der Waals surface area contributed by atoms with Crippen LogP contribution < -0.4 is 5.32 Å². The van der Waals surface area contributed by atoms with Crippen molar-refractivity contribution >= 4 is 22.9 Å². The maximum Gasteiger partial charge on any atom is 0.0931 e. The molecule has 1 N–H and O–H groups in total. The zero-order chi connectivity index (χ0) is 12.1. The van der Waals surface area contributed by atoms with Crippen molar-refractivity contribution < 1.29 is 4.74 Å². The van der Waals surface area contributed by atoms with Gasteiger partial charge in [-0.15, -0.1) is 11.3 Å². The Hall–Kier alpha value is -0.0900. The van der Waals surface area contributed by atoms with Crippen LogP contribution in [0.2, 0.25) is 4.34 Å². The van der Waals surface area contributed by atoms with Crippen LogP contribution in [0.4, 0.5) is 0 Å². The predicted molar refractivity (Wildman–Crippen MR) is 73.9 cm³/mol. The smallest absolute Gasteiger partial charge is 0.0931 e. The minimum absolute atomic E-state index is 0.385. The van der Waals surface area contributed by atoms with Gasteiger partial charge in [0.05, 0.1) is 4.34 Å². The molecule has 0 aliphatic heterocycles. The highest BCUT2D eigenvalue weighted by molar-refractivity contribution is 7.16. The fraction of sp³-hybridized carbons (Fsp3) is 0.692. The molecule has 0 amide bonds. The van der Waals surface area contributed by atoms with Crippen LogP contribution >= 0.6 is 22.9 Å². The average Bonchev–Trinajstić information content (AvgIpc) is 3.04. The molecule has 1 aliphatic rings. The van der Waals surface area contributed by atoms with Crippen molar-refractivity contribution in [3.8, 4) is 0 Å². The highest BCUT2D eigenvalue weighted by atomic mass is 35.5. The van der Waals surface area contributed by atoms with Crippen LogP contribution in [0.25, 0.3) is 0 Å². The van der Waals surface area contributed by atoms with Gasteiger partial charge in [0.2, 0.25) is 0 Å². The van der Waals surface area contributed by atoms with E-state index in [0.29, 0.717) is 6.04 Å². The maximum absolute atomic E-state index is 5.91. The summed E-state index contributed by atoms with van der Waals surface area (Å²) in [6, 6.07) is 4.43. The predicted octanol–water partition coefficient (Wildman–Crippen LogP) is 3.87. The Bertz CT molecular complexity index is 338. The van der Waals surface area contributed by atoms with Crippen LogP contribution in [-0.2, 0) is 4.74 Å².